The molecule has 7 nitrogen and oxygen atoms in total. The van der Waals surface area contributed by atoms with Gasteiger partial charge in [0, 0.05) is 0 Å². The van der Waals surface area contributed by atoms with Gasteiger partial charge in [0.2, 0.25) is 17.6 Å². The molecule has 2 unspecified atom stereocenters. The van der Waals surface area contributed by atoms with Crippen LogP contribution in [-0.4, -0.2) is 32.8 Å². The number of hydrogen-bond acceptors (Lipinski definition) is 4. The molecule has 2 rings (SSSR count). The third-order valence-electron chi connectivity index (χ3n) is 4.37. The smallest absolute Gasteiger partial charge is 0.369 e. The van der Waals surface area contributed by atoms with Crippen molar-refractivity contribution >= 4 is 11.8 Å². The Kier molecular flexibility index (Phi) is 5.47. The van der Waals surface area contributed by atoms with Crippen LogP contribution in [0, 0.1) is 11.3 Å². The van der Waals surface area contributed by atoms with Crippen LogP contribution in [0.1, 0.15) is 18.6 Å². The first kappa shape index (κ1) is 23.3. The molecule has 2 atom stereocenters. The van der Waals surface area contributed by atoms with E-state index in [4.69, 9.17) is 11.5 Å². The Hall–Kier alpha value is -3.00. The summed E-state index contributed by atoms with van der Waals surface area (Å²) >= 11 is 0. The molecule has 0 saturated heterocycles. The van der Waals surface area contributed by atoms with E-state index in [0.717, 1.165) is 25.2 Å². The Morgan fingerprint density at radius 2 is 1.70 bits per heavy atom. The molecule has 4 N–H and O–H groups in total. The minimum atomic E-state index is -6.25. The molecule has 1 heterocycles. The second kappa shape index (κ2) is 7.05. The summed E-state index contributed by atoms with van der Waals surface area (Å²) in [6.45, 7) is 0.0803. The number of primary amides is 2. The van der Waals surface area contributed by atoms with Crippen molar-refractivity contribution in [2.75, 3.05) is 0 Å². The third-order valence-corrected chi connectivity index (χ3v) is 4.37. The van der Waals surface area contributed by atoms with Gasteiger partial charge < -0.3 is 11.5 Å². The van der Waals surface area contributed by atoms with Gasteiger partial charge in [0.1, 0.15) is 0 Å². The van der Waals surface area contributed by atoms with Gasteiger partial charge in [0.25, 0.3) is 5.82 Å². The summed E-state index contributed by atoms with van der Waals surface area (Å²) in [6.07, 6.45) is -8.67. The van der Waals surface area contributed by atoms with Crippen molar-refractivity contribution in [2.24, 2.45) is 22.8 Å². The zero-order valence-electron chi connectivity index (χ0n) is 14.9. The minimum absolute atomic E-state index is 0.230. The molecule has 1 aromatic rings. The standard InChI is InChI=1S/C15H13F8N5O2/c1-12(9(25)30)4-6(2-3-7(12)8(24)29)5-28-11(13(16,17)15(21,22)23)26-10(27-28)14(18,19)20/h2-4,7H,5H2,1H3,(H2,24,29)(H2,25,30). The molecule has 1 aromatic heterocycles. The van der Waals surface area contributed by atoms with Crippen molar-refractivity contribution in [3.63, 3.8) is 0 Å². The molecule has 1 aliphatic carbocycles. The van der Waals surface area contributed by atoms with E-state index >= 15 is 0 Å². The van der Waals surface area contributed by atoms with Crippen LogP contribution < -0.4 is 11.5 Å². The van der Waals surface area contributed by atoms with Gasteiger partial charge in [0.05, 0.1) is 17.9 Å². The number of nitrogens with two attached hydrogens (primary N) is 2. The molecule has 30 heavy (non-hydrogen) atoms. The van der Waals surface area contributed by atoms with E-state index in [-0.39, 0.29) is 10.3 Å². The lowest BCUT2D eigenvalue weighted by molar-refractivity contribution is -0.293. The van der Waals surface area contributed by atoms with Gasteiger partial charge in [-0.25, -0.2) is 9.67 Å². The molecule has 2 amide bonds. The lowest BCUT2D eigenvalue weighted by atomic mass is 9.71. The third kappa shape index (κ3) is 4.00. The molecular formula is C15H13F8N5O2. The van der Waals surface area contributed by atoms with Gasteiger partial charge in [-0.3, -0.25) is 9.59 Å². The molecule has 0 aliphatic heterocycles. The first-order valence-electron chi connectivity index (χ1n) is 7.87. The maximum absolute atomic E-state index is 13.7. The normalized spacial score (nSPS) is 22.7. The van der Waals surface area contributed by atoms with Gasteiger partial charge in [-0.2, -0.15) is 35.1 Å². The quantitative estimate of drug-likeness (QED) is 0.672. The van der Waals surface area contributed by atoms with E-state index in [0.29, 0.717) is 0 Å². The van der Waals surface area contributed by atoms with E-state index < -0.39 is 59.6 Å². The Labute approximate surface area is 162 Å². The Balaban J connectivity index is 2.58. The number of carbonyl (C=O) groups excluding carboxylic acids is 2. The van der Waals surface area contributed by atoms with E-state index in [9.17, 15) is 44.7 Å². The fourth-order valence-electron chi connectivity index (χ4n) is 2.76. The van der Waals surface area contributed by atoms with E-state index in [1.807, 2.05) is 0 Å². The largest absolute Gasteiger partial charge is 0.461 e. The van der Waals surface area contributed by atoms with Gasteiger partial charge in [-0.15, -0.1) is 5.10 Å². The summed E-state index contributed by atoms with van der Waals surface area (Å²) in [7, 11) is 0. The number of nitrogens with zero attached hydrogens (tertiary/aromatic N) is 3. The van der Waals surface area contributed by atoms with Gasteiger partial charge in [0.15, 0.2) is 0 Å². The number of aromatic nitrogens is 3. The molecular weight excluding hydrogens is 434 g/mol. The van der Waals surface area contributed by atoms with Gasteiger partial charge in [-0.1, -0.05) is 18.2 Å². The van der Waals surface area contributed by atoms with Crippen molar-refractivity contribution in [3.05, 3.63) is 35.4 Å². The predicted octanol–water partition coefficient (Wildman–Crippen LogP) is 2.04. The van der Waals surface area contributed by atoms with Crippen molar-refractivity contribution in [3.8, 4) is 0 Å². The van der Waals surface area contributed by atoms with Crippen LogP contribution in [0.25, 0.3) is 0 Å². The van der Waals surface area contributed by atoms with Crippen LogP contribution in [0.3, 0.4) is 0 Å². The fraction of sp³-hybridized carbons (Fsp3) is 0.467. The van der Waals surface area contributed by atoms with Crippen LogP contribution >= 0.6 is 0 Å². The van der Waals surface area contributed by atoms with E-state index in [2.05, 4.69) is 10.1 Å². The molecule has 1 aliphatic rings. The van der Waals surface area contributed by atoms with Gasteiger partial charge >= 0.3 is 18.3 Å². The Morgan fingerprint density at radius 3 is 2.13 bits per heavy atom. The van der Waals surface area contributed by atoms with Crippen LogP contribution in [0.4, 0.5) is 35.1 Å². The first-order valence-corrected chi connectivity index (χ1v) is 7.87. The minimum Gasteiger partial charge on any atom is -0.369 e. The molecule has 0 spiro atoms. The van der Waals surface area contributed by atoms with Crippen LogP contribution in [0.5, 0.6) is 0 Å². The molecule has 0 saturated carbocycles. The summed E-state index contributed by atoms with van der Waals surface area (Å²) in [6, 6.07) is 0. The SMILES string of the molecule is CC1(C(N)=O)C=C(Cn2nc(C(F)(F)F)nc2C(F)(F)C(F)(F)F)C=CC1C(N)=O. The number of allylic oxidation sites excluding steroid dienone is 2. The monoisotopic (exact) mass is 447 g/mol. The molecule has 15 heteroatoms. The highest BCUT2D eigenvalue weighted by atomic mass is 19.4. The number of carbonyl (C=O) groups is 2. The summed E-state index contributed by atoms with van der Waals surface area (Å²) in [5, 5.41) is 2.72. The van der Waals surface area contributed by atoms with Crippen molar-refractivity contribution in [2.45, 2.75) is 31.7 Å². The van der Waals surface area contributed by atoms with Crippen molar-refractivity contribution < 1.29 is 44.7 Å². The molecule has 0 bridgehead atoms. The van der Waals surface area contributed by atoms with Gasteiger partial charge in [-0.05, 0) is 12.5 Å². The number of hydrogen-bond donors (Lipinski definition) is 2. The van der Waals surface area contributed by atoms with Crippen molar-refractivity contribution in [1.29, 1.82) is 0 Å². The van der Waals surface area contributed by atoms with E-state index in [1.165, 1.54) is 0 Å². The van der Waals surface area contributed by atoms with Crippen molar-refractivity contribution in [1.82, 2.24) is 14.8 Å². The maximum atomic E-state index is 13.7. The number of halogens is 8. The Bertz CT molecular complexity index is 930. The number of amides is 2. The summed E-state index contributed by atoms with van der Waals surface area (Å²) < 4.78 is 104. The second-order valence-corrected chi connectivity index (χ2v) is 6.59. The average molecular weight is 447 g/mol. The topological polar surface area (TPSA) is 117 Å². The molecule has 0 aromatic carbocycles. The number of alkyl halides is 8. The zero-order valence-corrected chi connectivity index (χ0v) is 14.9. The first-order chi connectivity index (χ1) is 13.4. The highest BCUT2D eigenvalue weighted by molar-refractivity contribution is 5.92. The van der Waals surface area contributed by atoms with Crippen LogP contribution in [0.15, 0.2) is 23.8 Å². The highest BCUT2D eigenvalue weighted by Crippen LogP contribution is 2.44. The summed E-state index contributed by atoms with van der Waals surface area (Å²) in [5.41, 5.74) is 8.34. The molecule has 0 radical (unpaired) electrons. The van der Waals surface area contributed by atoms with Crippen LogP contribution in [-0.2, 0) is 28.2 Å². The summed E-state index contributed by atoms with van der Waals surface area (Å²) in [5.74, 6) is -13.6. The lowest BCUT2D eigenvalue weighted by Crippen LogP contribution is -2.45. The molecule has 166 valence electrons. The lowest BCUT2D eigenvalue weighted by Gasteiger charge is -2.31. The number of rotatable bonds is 5. The fourth-order valence-corrected chi connectivity index (χ4v) is 2.76. The predicted molar refractivity (Wildman–Crippen MR) is 82.2 cm³/mol. The average Bonchev–Trinajstić information content (AvgIpc) is 2.98. The van der Waals surface area contributed by atoms with E-state index in [1.54, 1.807) is 0 Å². The van der Waals surface area contributed by atoms with Crippen LogP contribution in [0.2, 0.25) is 0 Å². The molecule has 0 fully saturated rings. The zero-order chi connectivity index (χ0) is 23.3. The Morgan fingerprint density at radius 1 is 1.13 bits per heavy atom. The maximum Gasteiger partial charge on any atom is 0.461 e. The summed E-state index contributed by atoms with van der Waals surface area (Å²) in [4.78, 5) is 25.6. The highest BCUT2D eigenvalue weighted by Gasteiger charge is 2.62. The second-order valence-electron chi connectivity index (χ2n) is 6.59.